The highest BCUT2D eigenvalue weighted by Crippen LogP contribution is 2.33. The van der Waals surface area contributed by atoms with Crippen LogP contribution in [-0.2, 0) is 11.2 Å². The molecule has 0 saturated carbocycles. The molecule has 8 heteroatoms. The van der Waals surface area contributed by atoms with Gasteiger partial charge >= 0.3 is 0 Å². The number of nitrogens with one attached hydrogen (secondary N) is 2. The van der Waals surface area contributed by atoms with Crippen molar-refractivity contribution in [2.45, 2.75) is 32.3 Å². The minimum atomic E-state index is -0.0756. The van der Waals surface area contributed by atoms with Crippen LogP contribution in [0.2, 0.25) is 0 Å². The minimum absolute atomic E-state index is 0.0756. The van der Waals surface area contributed by atoms with Crippen molar-refractivity contribution in [2.24, 2.45) is 0 Å². The van der Waals surface area contributed by atoms with Gasteiger partial charge in [0.2, 0.25) is 0 Å². The Balaban J connectivity index is 1.45. The van der Waals surface area contributed by atoms with Gasteiger partial charge in [-0.05, 0) is 49.4 Å². The lowest BCUT2D eigenvalue weighted by atomic mass is 10.1. The first-order valence-corrected chi connectivity index (χ1v) is 11.0. The molecule has 158 valence electrons. The summed E-state index contributed by atoms with van der Waals surface area (Å²) in [6.07, 6.45) is 4.56. The van der Waals surface area contributed by atoms with Crippen molar-refractivity contribution in [1.29, 1.82) is 0 Å². The van der Waals surface area contributed by atoms with E-state index < -0.39 is 0 Å². The molecule has 0 bridgehead atoms. The summed E-state index contributed by atoms with van der Waals surface area (Å²) in [7, 11) is 1.67. The second kappa shape index (κ2) is 9.40. The lowest BCUT2D eigenvalue weighted by Gasteiger charge is -2.10. The number of anilines is 1. The lowest BCUT2D eigenvalue weighted by Crippen LogP contribution is -2.31. The first-order chi connectivity index (χ1) is 14.7. The van der Waals surface area contributed by atoms with E-state index in [4.69, 9.17) is 9.47 Å². The number of methoxy groups -OCH3 is 1. The molecule has 0 spiro atoms. The van der Waals surface area contributed by atoms with Gasteiger partial charge in [0, 0.05) is 19.7 Å². The maximum absolute atomic E-state index is 12.7. The Kier molecular flexibility index (Phi) is 6.44. The molecule has 1 aliphatic heterocycles. The molecule has 2 N–H and O–H groups in total. The second-order valence-electron chi connectivity index (χ2n) is 7.33. The van der Waals surface area contributed by atoms with Crippen LogP contribution in [0.25, 0.3) is 10.2 Å². The molecule has 0 aliphatic carbocycles. The van der Waals surface area contributed by atoms with Gasteiger partial charge in [-0.25, -0.2) is 9.97 Å². The van der Waals surface area contributed by atoms with Gasteiger partial charge < -0.3 is 20.1 Å². The van der Waals surface area contributed by atoms with Crippen LogP contribution in [0, 0.1) is 6.92 Å². The normalized spacial score (nSPS) is 16.0. The molecular weight excluding hydrogens is 400 g/mol. The zero-order valence-corrected chi connectivity index (χ0v) is 18.1. The third kappa shape index (κ3) is 4.55. The number of thiophene rings is 1. The Bertz CT molecular complexity index is 1030. The van der Waals surface area contributed by atoms with E-state index >= 15 is 0 Å². The summed E-state index contributed by atoms with van der Waals surface area (Å²) in [6, 6.07) is 8.03. The van der Waals surface area contributed by atoms with Crippen molar-refractivity contribution in [3.8, 4) is 5.75 Å². The number of aromatic nitrogens is 2. The summed E-state index contributed by atoms with van der Waals surface area (Å²) < 4.78 is 10.9. The van der Waals surface area contributed by atoms with Crippen LogP contribution < -0.4 is 15.4 Å². The predicted octanol–water partition coefficient (Wildman–Crippen LogP) is 3.57. The maximum Gasteiger partial charge on any atom is 0.261 e. The van der Waals surface area contributed by atoms with Crippen LogP contribution in [0.4, 0.5) is 5.82 Å². The number of rotatable bonds is 8. The fourth-order valence-electron chi connectivity index (χ4n) is 3.67. The van der Waals surface area contributed by atoms with Crippen molar-refractivity contribution in [3.05, 3.63) is 46.6 Å². The molecule has 30 heavy (non-hydrogen) atoms. The predicted molar refractivity (Wildman–Crippen MR) is 119 cm³/mol. The van der Waals surface area contributed by atoms with E-state index in [1.807, 2.05) is 25.1 Å². The summed E-state index contributed by atoms with van der Waals surface area (Å²) in [5, 5.41) is 7.32. The number of carbonyl (C=O) groups excluding carboxylic acids is 1. The molecule has 1 amide bonds. The fraction of sp³-hybridized carbons (Fsp3) is 0.409. The highest BCUT2D eigenvalue weighted by molar-refractivity contribution is 7.20. The number of nitrogens with zero attached hydrogens (tertiary/aromatic N) is 2. The number of amides is 1. The number of carbonyl (C=O) groups is 1. The molecule has 0 radical (unpaired) electrons. The van der Waals surface area contributed by atoms with E-state index in [2.05, 4.69) is 26.7 Å². The molecule has 1 atom stereocenters. The number of fused-ring (bicyclic) bond motifs is 1. The van der Waals surface area contributed by atoms with Crippen molar-refractivity contribution in [3.63, 3.8) is 0 Å². The summed E-state index contributed by atoms with van der Waals surface area (Å²) in [4.78, 5) is 23.0. The number of hydrogen-bond donors (Lipinski definition) is 2. The number of aryl methyl sites for hydroxylation is 1. The maximum atomic E-state index is 12.7. The van der Waals surface area contributed by atoms with E-state index in [0.29, 0.717) is 11.4 Å². The molecule has 4 rings (SSSR count). The molecule has 0 unspecified atom stereocenters. The van der Waals surface area contributed by atoms with E-state index in [0.717, 1.165) is 59.8 Å². The van der Waals surface area contributed by atoms with Crippen LogP contribution in [0.3, 0.4) is 0 Å². The van der Waals surface area contributed by atoms with Gasteiger partial charge in [-0.3, -0.25) is 4.79 Å². The summed E-state index contributed by atoms with van der Waals surface area (Å²) >= 11 is 1.40. The van der Waals surface area contributed by atoms with Crippen molar-refractivity contribution in [2.75, 3.05) is 32.1 Å². The van der Waals surface area contributed by atoms with E-state index in [9.17, 15) is 4.79 Å². The molecular formula is C22H26N4O3S. The average Bonchev–Trinajstić information content (AvgIpc) is 3.41. The number of benzene rings is 1. The Labute approximate surface area is 179 Å². The van der Waals surface area contributed by atoms with E-state index in [-0.39, 0.29) is 12.0 Å². The Morgan fingerprint density at radius 1 is 1.37 bits per heavy atom. The second-order valence-corrected chi connectivity index (χ2v) is 8.33. The van der Waals surface area contributed by atoms with Gasteiger partial charge in [-0.15, -0.1) is 11.3 Å². The zero-order valence-electron chi connectivity index (χ0n) is 17.2. The standard InChI is InChI=1S/C22H26N4O3S/c1-14-18-20(23-9-8-15-5-3-6-16(11-15)28-2)25-13-26-22(18)30-19(14)21(27)24-12-17-7-4-10-29-17/h3,5-6,11,13,17H,4,7-10,12H2,1-2H3,(H,24,27)(H,23,25,26)/t17-/m1/s1. The quantitative estimate of drug-likeness (QED) is 0.573. The summed E-state index contributed by atoms with van der Waals surface area (Å²) in [5.74, 6) is 1.53. The highest BCUT2D eigenvalue weighted by Gasteiger charge is 2.21. The first-order valence-electron chi connectivity index (χ1n) is 10.2. The van der Waals surface area contributed by atoms with Crippen molar-refractivity contribution < 1.29 is 14.3 Å². The fourth-order valence-corrected chi connectivity index (χ4v) is 4.73. The van der Waals surface area contributed by atoms with Gasteiger partial charge in [0.1, 0.15) is 22.7 Å². The Morgan fingerprint density at radius 2 is 2.27 bits per heavy atom. The zero-order chi connectivity index (χ0) is 20.9. The van der Waals surface area contributed by atoms with E-state index in [1.165, 1.54) is 16.9 Å². The largest absolute Gasteiger partial charge is 0.497 e. The SMILES string of the molecule is COc1cccc(CCNc2ncnc3sc(C(=O)NC[C@H]4CCCO4)c(C)c23)c1. The van der Waals surface area contributed by atoms with Crippen LogP contribution in [0.15, 0.2) is 30.6 Å². The van der Waals surface area contributed by atoms with Gasteiger partial charge in [-0.2, -0.15) is 0 Å². The number of hydrogen-bond acceptors (Lipinski definition) is 7. The van der Waals surface area contributed by atoms with Gasteiger partial charge in [0.15, 0.2) is 0 Å². The van der Waals surface area contributed by atoms with Crippen LogP contribution in [0.5, 0.6) is 5.75 Å². The smallest absolute Gasteiger partial charge is 0.261 e. The minimum Gasteiger partial charge on any atom is -0.497 e. The number of ether oxygens (including phenoxy) is 2. The van der Waals surface area contributed by atoms with Gasteiger partial charge in [0.25, 0.3) is 5.91 Å². The van der Waals surface area contributed by atoms with Crippen LogP contribution in [0.1, 0.15) is 33.6 Å². The Hall–Kier alpha value is -2.71. The summed E-state index contributed by atoms with van der Waals surface area (Å²) in [5.41, 5.74) is 2.09. The third-order valence-electron chi connectivity index (χ3n) is 5.29. The van der Waals surface area contributed by atoms with Crippen molar-refractivity contribution in [1.82, 2.24) is 15.3 Å². The van der Waals surface area contributed by atoms with Gasteiger partial charge in [0.05, 0.1) is 23.5 Å². The third-order valence-corrected chi connectivity index (χ3v) is 6.49. The topological polar surface area (TPSA) is 85.4 Å². The summed E-state index contributed by atoms with van der Waals surface area (Å²) in [6.45, 7) is 4.00. The highest BCUT2D eigenvalue weighted by atomic mass is 32.1. The molecule has 1 fully saturated rings. The first kappa shape index (κ1) is 20.6. The molecule has 2 aromatic heterocycles. The molecule has 1 aromatic carbocycles. The Morgan fingerprint density at radius 3 is 3.07 bits per heavy atom. The van der Waals surface area contributed by atoms with Crippen LogP contribution in [-0.4, -0.2) is 48.8 Å². The molecule has 3 aromatic rings. The molecule has 7 nitrogen and oxygen atoms in total. The molecule has 3 heterocycles. The molecule has 1 aliphatic rings. The van der Waals surface area contributed by atoms with E-state index in [1.54, 1.807) is 13.4 Å². The molecule has 1 saturated heterocycles. The monoisotopic (exact) mass is 426 g/mol. The average molecular weight is 427 g/mol. The van der Waals surface area contributed by atoms with Gasteiger partial charge in [-0.1, -0.05) is 12.1 Å². The lowest BCUT2D eigenvalue weighted by molar-refractivity contribution is 0.0860. The van der Waals surface area contributed by atoms with Crippen LogP contribution >= 0.6 is 11.3 Å². The van der Waals surface area contributed by atoms with Crippen molar-refractivity contribution >= 4 is 33.3 Å².